The van der Waals surface area contributed by atoms with Crippen molar-refractivity contribution in [2.45, 2.75) is 52.4 Å². The second-order valence-corrected chi connectivity index (χ2v) is 7.86. The van der Waals surface area contributed by atoms with Gasteiger partial charge in [0.2, 0.25) is 0 Å². The molecule has 0 aliphatic carbocycles. The Hall–Kier alpha value is -1.85. The van der Waals surface area contributed by atoms with Gasteiger partial charge in [-0.15, -0.1) is 0 Å². The van der Waals surface area contributed by atoms with E-state index in [9.17, 15) is 9.59 Å². The summed E-state index contributed by atoms with van der Waals surface area (Å²) in [6, 6.07) is 5.16. The molecular weight excluding hydrogens is 413 g/mol. The number of benzene rings is 1. The van der Waals surface area contributed by atoms with Crippen LogP contribution < -0.4 is 0 Å². The minimum absolute atomic E-state index is 0.295. The van der Waals surface area contributed by atoms with Crippen molar-refractivity contribution in [1.82, 2.24) is 0 Å². The molecule has 1 heterocycles. The monoisotopic (exact) mass is 439 g/mol. The highest BCUT2D eigenvalue weighted by molar-refractivity contribution is 6.42. The lowest BCUT2D eigenvalue weighted by Gasteiger charge is -2.32. The molecule has 2 atom stereocenters. The fourth-order valence-electron chi connectivity index (χ4n) is 3.60. The first-order chi connectivity index (χ1) is 13.8. The molecule has 0 saturated carbocycles. The Labute approximate surface area is 182 Å². The molecule has 1 aliphatic rings. The maximum absolute atomic E-state index is 13.0. The van der Waals surface area contributed by atoms with Gasteiger partial charge in [0.1, 0.15) is 5.92 Å². The third-order valence-electron chi connectivity index (χ3n) is 5.05. The molecule has 0 saturated heterocycles. The third kappa shape index (κ3) is 5.40. The molecule has 1 aromatic rings. The van der Waals surface area contributed by atoms with Crippen molar-refractivity contribution in [2.24, 2.45) is 10.9 Å². The lowest BCUT2D eigenvalue weighted by molar-refractivity contribution is -0.144. The summed E-state index contributed by atoms with van der Waals surface area (Å²) < 4.78 is 10.5. The van der Waals surface area contributed by atoms with E-state index in [0.29, 0.717) is 39.2 Å². The van der Waals surface area contributed by atoms with Crippen LogP contribution in [0.1, 0.15) is 57.9 Å². The van der Waals surface area contributed by atoms with E-state index in [2.05, 4.69) is 11.9 Å². The number of carbonyl (C=O) groups is 2. The predicted octanol–water partition coefficient (Wildman–Crippen LogP) is 5.74. The zero-order chi connectivity index (χ0) is 21.6. The lowest BCUT2D eigenvalue weighted by Crippen LogP contribution is -2.36. The van der Waals surface area contributed by atoms with Crippen molar-refractivity contribution in [3.63, 3.8) is 0 Å². The van der Waals surface area contributed by atoms with Gasteiger partial charge in [-0.3, -0.25) is 9.79 Å². The smallest absolute Gasteiger partial charge is 0.336 e. The summed E-state index contributed by atoms with van der Waals surface area (Å²) in [7, 11) is 1.31. The van der Waals surface area contributed by atoms with Crippen LogP contribution in [-0.2, 0) is 19.1 Å². The summed E-state index contributed by atoms with van der Waals surface area (Å²) in [6.45, 7) is 5.91. The van der Waals surface area contributed by atoms with E-state index in [0.717, 1.165) is 25.7 Å². The zero-order valence-electron chi connectivity index (χ0n) is 17.3. The highest BCUT2D eigenvalue weighted by Crippen LogP contribution is 2.44. The van der Waals surface area contributed by atoms with E-state index < -0.39 is 23.8 Å². The highest BCUT2D eigenvalue weighted by atomic mass is 35.5. The van der Waals surface area contributed by atoms with Crippen LogP contribution in [0.4, 0.5) is 0 Å². The number of aliphatic imine (C=N–C) groups is 1. The van der Waals surface area contributed by atoms with Gasteiger partial charge in [0.05, 0.1) is 29.3 Å². The van der Waals surface area contributed by atoms with Crippen LogP contribution >= 0.6 is 23.2 Å². The van der Waals surface area contributed by atoms with Crippen LogP contribution in [0.2, 0.25) is 10.0 Å². The Balaban J connectivity index is 2.46. The van der Waals surface area contributed by atoms with E-state index >= 15 is 0 Å². The van der Waals surface area contributed by atoms with Gasteiger partial charge in [0.15, 0.2) is 0 Å². The quantitative estimate of drug-likeness (QED) is 0.382. The second kappa shape index (κ2) is 10.8. The summed E-state index contributed by atoms with van der Waals surface area (Å²) in [4.78, 5) is 30.1. The Kier molecular flexibility index (Phi) is 8.72. The normalized spacial score (nSPS) is 19.0. The first-order valence-electron chi connectivity index (χ1n) is 9.78. The van der Waals surface area contributed by atoms with E-state index in [1.54, 1.807) is 32.0 Å². The number of hydrogen-bond acceptors (Lipinski definition) is 5. The summed E-state index contributed by atoms with van der Waals surface area (Å²) >= 11 is 12.7. The number of halogens is 2. The number of nitrogens with zero attached hydrogens (tertiary/aromatic N) is 1. The minimum atomic E-state index is -0.790. The fourth-order valence-corrected chi connectivity index (χ4v) is 4.03. The number of allylic oxidation sites excluding steroid dienone is 1. The molecule has 0 fully saturated rings. The Morgan fingerprint density at radius 3 is 2.52 bits per heavy atom. The summed E-state index contributed by atoms with van der Waals surface area (Å²) in [6.07, 6.45) is 3.97. The maximum atomic E-state index is 13.0. The molecule has 0 spiro atoms. The maximum Gasteiger partial charge on any atom is 0.336 e. The average molecular weight is 440 g/mol. The zero-order valence-corrected chi connectivity index (χ0v) is 18.8. The van der Waals surface area contributed by atoms with Crippen LogP contribution in [-0.4, -0.2) is 31.4 Å². The standard InChI is InChI=1S/C22H27Cl2NO4/c1-5-6-7-8-12-29-22(27)18-14(3)25-13(2)17(21(26)28-4)19(18)15-10-9-11-16(23)20(15)24/h9-11,17,19H,5-8,12H2,1-4H3. The van der Waals surface area contributed by atoms with Gasteiger partial charge in [-0.2, -0.15) is 0 Å². The van der Waals surface area contributed by atoms with Gasteiger partial charge in [0, 0.05) is 17.3 Å². The van der Waals surface area contributed by atoms with Crippen molar-refractivity contribution in [3.05, 3.63) is 45.1 Å². The molecular formula is C22H27Cl2NO4. The first-order valence-corrected chi connectivity index (χ1v) is 10.5. The fraction of sp³-hybridized carbons (Fsp3) is 0.500. The van der Waals surface area contributed by atoms with E-state index in [1.165, 1.54) is 7.11 Å². The Morgan fingerprint density at radius 2 is 1.86 bits per heavy atom. The SMILES string of the molecule is CCCCCCOC(=O)C1=C(C)N=C(C)C(C(=O)OC)C1c1cccc(Cl)c1Cl. The second-order valence-electron chi connectivity index (χ2n) is 7.07. The van der Waals surface area contributed by atoms with Crippen molar-refractivity contribution < 1.29 is 19.1 Å². The number of hydrogen-bond donors (Lipinski definition) is 0. The highest BCUT2D eigenvalue weighted by Gasteiger charge is 2.43. The Bertz CT molecular complexity index is 832. The van der Waals surface area contributed by atoms with Gasteiger partial charge < -0.3 is 9.47 Å². The van der Waals surface area contributed by atoms with Gasteiger partial charge in [-0.05, 0) is 31.9 Å². The molecule has 2 rings (SSSR count). The molecule has 0 N–H and O–H groups in total. The van der Waals surface area contributed by atoms with Gasteiger partial charge >= 0.3 is 11.9 Å². The first kappa shape index (κ1) is 23.4. The lowest BCUT2D eigenvalue weighted by atomic mass is 9.75. The average Bonchev–Trinajstić information content (AvgIpc) is 2.68. The van der Waals surface area contributed by atoms with Crippen molar-refractivity contribution in [2.75, 3.05) is 13.7 Å². The molecule has 0 amide bonds. The summed E-state index contributed by atoms with van der Waals surface area (Å²) in [5.74, 6) is -2.46. The number of unbranched alkanes of at least 4 members (excludes halogenated alkanes) is 3. The molecule has 7 heteroatoms. The van der Waals surface area contributed by atoms with E-state index in [1.807, 2.05) is 0 Å². The van der Waals surface area contributed by atoms with Crippen molar-refractivity contribution in [3.8, 4) is 0 Å². The molecule has 2 unspecified atom stereocenters. The molecule has 0 aromatic heterocycles. The number of rotatable bonds is 8. The number of ether oxygens (including phenoxy) is 2. The molecule has 5 nitrogen and oxygen atoms in total. The summed E-state index contributed by atoms with van der Waals surface area (Å²) in [5, 5.41) is 0.640. The molecule has 29 heavy (non-hydrogen) atoms. The molecule has 158 valence electrons. The van der Waals surface area contributed by atoms with Crippen LogP contribution in [0.25, 0.3) is 0 Å². The Morgan fingerprint density at radius 1 is 1.14 bits per heavy atom. The van der Waals surface area contributed by atoms with E-state index in [-0.39, 0.29) is 0 Å². The third-order valence-corrected chi connectivity index (χ3v) is 5.88. The minimum Gasteiger partial charge on any atom is -0.468 e. The van der Waals surface area contributed by atoms with Crippen LogP contribution in [0.15, 0.2) is 34.5 Å². The van der Waals surface area contributed by atoms with Crippen molar-refractivity contribution in [1.29, 1.82) is 0 Å². The van der Waals surface area contributed by atoms with Crippen LogP contribution in [0.5, 0.6) is 0 Å². The topological polar surface area (TPSA) is 65.0 Å². The number of methoxy groups -OCH3 is 1. The van der Waals surface area contributed by atoms with Crippen LogP contribution in [0, 0.1) is 5.92 Å². The van der Waals surface area contributed by atoms with Gasteiger partial charge in [0.25, 0.3) is 0 Å². The number of carbonyl (C=O) groups excluding carboxylic acids is 2. The van der Waals surface area contributed by atoms with Crippen LogP contribution in [0.3, 0.4) is 0 Å². The van der Waals surface area contributed by atoms with Gasteiger partial charge in [-0.25, -0.2) is 4.79 Å². The molecule has 1 aliphatic heterocycles. The number of esters is 2. The van der Waals surface area contributed by atoms with E-state index in [4.69, 9.17) is 32.7 Å². The molecule has 0 radical (unpaired) electrons. The van der Waals surface area contributed by atoms with Gasteiger partial charge in [-0.1, -0.05) is 61.5 Å². The largest absolute Gasteiger partial charge is 0.468 e. The molecule has 1 aromatic carbocycles. The van der Waals surface area contributed by atoms with Crippen molar-refractivity contribution >= 4 is 40.9 Å². The molecule has 0 bridgehead atoms. The predicted molar refractivity (Wildman–Crippen MR) is 116 cm³/mol. The summed E-state index contributed by atoms with van der Waals surface area (Å²) in [5.41, 5.74) is 1.93.